The van der Waals surface area contributed by atoms with Gasteiger partial charge in [0, 0.05) is 26.2 Å². The van der Waals surface area contributed by atoms with Crippen molar-refractivity contribution < 1.29 is 23.1 Å². The van der Waals surface area contributed by atoms with E-state index in [-0.39, 0.29) is 28.2 Å². The number of morpholine rings is 1. The van der Waals surface area contributed by atoms with Gasteiger partial charge in [-0.05, 0) is 42.3 Å². The van der Waals surface area contributed by atoms with Gasteiger partial charge < -0.3 is 18.8 Å². The third-order valence-corrected chi connectivity index (χ3v) is 6.45. The minimum absolute atomic E-state index is 0.0166. The maximum absolute atomic E-state index is 14.0. The second-order valence-corrected chi connectivity index (χ2v) is 8.70. The van der Waals surface area contributed by atoms with Gasteiger partial charge >= 0.3 is 0 Å². The Labute approximate surface area is 202 Å². The molecule has 1 aromatic heterocycles. The van der Waals surface area contributed by atoms with E-state index in [2.05, 4.69) is 11.5 Å². The summed E-state index contributed by atoms with van der Waals surface area (Å²) in [5.74, 6) is -0.254. The topological polar surface area (TPSA) is 72.2 Å². The second kappa shape index (κ2) is 10.0. The van der Waals surface area contributed by atoms with E-state index >= 15 is 0 Å². The molecular formula is C27H27FN2O5. The summed E-state index contributed by atoms with van der Waals surface area (Å²) in [6.07, 6.45) is 2.37. The molecule has 2 aliphatic rings. The monoisotopic (exact) mass is 478 g/mol. The van der Waals surface area contributed by atoms with Crippen LogP contribution in [0.2, 0.25) is 0 Å². The van der Waals surface area contributed by atoms with E-state index < -0.39 is 17.3 Å². The lowest BCUT2D eigenvalue weighted by Crippen LogP contribution is -2.38. The summed E-state index contributed by atoms with van der Waals surface area (Å²) in [5, 5.41) is 0.121. The van der Waals surface area contributed by atoms with Gasteiger partial charge in [-0.15, -0.1) is 0 Å². The molecule has 35 heavy (non-hydrogen) atoms. The molecule has 0 saturated carbocycles. The predicted octanol–water partition coefficient (Wildman–Crippen LogP) is 3.76. The van der Waals surface area contributed by atoms with Crippen molar-refractivity contribution in [1.29, 1.82) is 0 Å². The normalized spacial score (nSPS) is 18.1. The van der Waals surface area contributed by atoms with Crippen LogP contribution in [0.3, 0.4) is 0 Å². The van der Waals surface area contributed by atoms with Gasteiger partial charge in [0.05, 0.1) is 30.2 Å². The van der Waals surface area contributed by atoms with Gasteiger partial charge in [-0.3, -0.25) is 14.5 Å². The Hall–Kier alpha value is -3.49. The van der Waals surface area contributed by atoms with Gasteiger partial charge in [0.2, 0.25) is 5.76 Å². The smallest absolute Gasteiger partial charge is 0.290 e. The first-order valence-corrected chi connectivity index (χ1v) is 11.8. The maximum Gasteiger partial charge on any atom is 0.290 e. The summed E-state index contributed by atoms with van der Waals surface area (Å²) in [6, 6.07) is 10.4. The van der Waals surface area contributed by atoms with Crippen LogP contribution in [0.25, 0.3) is 11.0 Å². The number of benzene rings is 2. The van der Waals surface area contributed by atoms with Crippen molar-refractivity contribution >= 4 is 16.9 Å². The van der Waals surface area contributed by atoms with Crippen LogP contribution in [0.5, 0.6) is 5.75 Å². The number of hydrogen-bond donors (Lipinski definition) is 0. The Bertz CT molecular complexity index is 1310. The molecule has 3 heterocycles. The molecule has 1 amide bonds. The van der Waals surface area contributed by atoms with Crippen LogP contribution >= 0.6 is 0 Å². The molecule has 182 valence electrons. The maximum atomic E-state index is 14.0. The predicted molar refractivity (Wildman–Crippen MR) is 129 cm³/mol. The van der Waals surface area contributed by atoms with E-state index in [1.54, 1.807) is 11.0 Å². The fraction of sp³-hybridized carbons (Fsp3) is 0.333. The van der Waals surface area contributed by atoms with Crippen molar-refractivity contribution in [2.75, 3.05) is 46.0 Å². The molecule has 5 rings (SSSR count). The molecule has 2 aliphatic heterocycles. The van der Waals surface area contributed by atoms with Crippen molar-refractivity contribution in [1.82, 2.24) is 9.80 Å². The summed E-state index contributed by atoms with van der Waals surface area (Å²) < 4.78 is 31.0. The number of rotatable bonds is 8. The highest BCUT2D eigenvalue weighted by Crippen LogP contribution is 2.39. The highest BCUT2D eigenvalue weighted by molar-refractivity contribution is 5.99. The molecule has 1 saturated heterocycles. The van der Waals surface area contributed by atoms with Gasteiger partial charge in [0.1, 0.15) is 23.8 Å². The molecule has 0 radical (unpaired) electrons. The number of amides is 1. The average molecular weight is 479 g/mol. The van der Waals surface area contributed by atoms with Crippen LogP contribution in [0.4, 0.5) is 4.39 Å². The minimum atomic E-state index is -0.654. The molecule has 0 bridgehead atoms. The number of ether oxygens (including phenoxy) is 2. The standard InChI is InChI=1S/C27H27FN2O5/c1-2-13-34-20-6-3-5-18(16-20)24-23-25(31)21-17-19(28)7-8-22(21)35-26(23)27(32)30(24)10-4-9-29-11-14-33-15-12-29/h2-3,5-8,16-17,24H,1,4,9-15H2/t24-/m0/s1. The summed E-state index contributed by atoms with van der Waals surface area (Å²) in [5.41, 5.74) is 0.765. The molecular weight excluding hydrogens is 451 g/mol. The Balaban J connectivity index is 1.54. The zero-order valence-corrected chi connectivity index (χ0v) is 19.4. The van der Waals surface area contributed by atoms with Crippen LogP contribution in [-0.2, 0) is 4.74 Å². The van der Waals surface area contributed by atoms with Gasteiger partial charge in [-0.2, -0.15) is 0 Å². The van der Waals surface area contributed by atoms with E-state index in [4.69, 9.17) is 13.9 Å². The number of carbonyl (C=O) groups is 1. The van der Waals surface area contributed by atoms with Gasteiger partial charge in [-0.25, -0.2) is 4.39 Å². The summed E-state index contributed by atoms with van der Waals surface area (Å²) in [6.45, 7) is 8.38. The summed E-state index contributed by atoms with van der Waals surface area (Å²) in [7, 11) is 0. The largest absolute Gasteiger partial charge is 0.490 e. The first-order valence-electron chi connectivity index (χ1n) is 11.8. The molecule has 1 fully saturated rings. The van der Waals surface area contributed by atoms with E-state index in [1.165, 1.54) is 12.1 Å². The number of halogens is 1. The highest BCUT2D eigenvalue weighted by atomic mass is 19.1. The van der Waals surface area contributed by atoms with E-state index in [9.17, 15) is 14.0 Å². The van der Waals surface area contributed by atoms with Crippen molar-refractivity contribution in [3.63, 3.8) is 0 Å². The van der Waals surface area contributed by atoms with Crippen molar-refractivity contribution in [3.8, 4) is 5.75 Å². The van der Waals surface area contributed by atoms with Crippen molar-refractivity contribution in [3.05, 3.63) is 88.0 Å². The van der Waals surface area contributed by atoms with Crippen LogP contribution in [0.1, 0.15) is 34.1 Å². The quantitative estimate of drug-likeness (QED) is 0.459. The lowest BCUT2D eigenvalue weighted by molar-refractivity contribution is 0.0353. The third-order valence-electron chi connectivity index (χ3n) is 6.45. The molecule has 8 heteroatoms. The van der Waals surface area contributed by atoms with Crippen molar-refractivity contribution in [2.45, 2.75) is 12.5 Å². The SMILES string of the molecule is C=CCOc1cccc([C@H]2c3c(oc4ccc(F)cc4c3=O)C(=O)N2CCCN2CCOCC2)c1. The molecule has 1 atom stereocenters. The van der Waals surface area contributed by atoms with E-state index in [1.807, 2.05) is 24.3 Å². The Morgan fingerprint density at radius 1 is 1.11 bits per heavy atom. The van der Waals surface area contributed by atoms with Crippen LogP contribution in [-0.4, -0.2) is 61.7 Å². The highest BCUT2D eigenvalue weighted by Gasteiger charge is 2.42. The molecule has 0 N–H and O–H groups in total. The van der Waals surface area contributed by atoms with Crippen LogP contribution in [0, 0.1) is 5.82 Å². The molecule has 0 unspecified atom stereocenters. The summed E-state index contributed by atoms with van der Waals surface area (Å²) in [4.78, 5) is 31.1. The average Bonchev–Trinajstić information content (AvgIpc) is 3.16. The fourth-order valence-electron chi connectivity index (χ4n) is 4.79. The van der Waals surface area contributed by atoms with E-state index in [0.717, 1.165) is 37.7 Å². The Kier molecular flexibility index (Phi) is 6.66. The first-order chi connectivity index (χ1) is 17.1. The minimum Gasteiger partial charge on any atom is -0.490 e. The number of nitrogens with zero attached hydrogens (tertiary/aromatic N) is 2. The first kappa shape index (κ1) is 23.3. The lowest BCUT2D eigenvalue weighted by atomic mass is 9.98. The van der Waals surface area contributed by atoms with Crippen molar-refractivity contribution in [2.24, 2.45) is 0 Å². The molecule has 3 aromatic rings. The Morgan fingerprint density at radius 3 is 2.74 bits per heavy atom. The zero-order valence-electron chi connectivity index (χ0n) is 19.4. The number of carbonyl (C=O) groups excluding carboxylic acids is 1. The van der Waals surface area contributed by atoms with Gasteiger partial charge in [-0.1, -0.05) is 24.8 Å². The lowest BCUT2D eigenvalue weighted by Gasteiger charge is -2.29. The van der Waals surface area contributed by atoms with Crippen LogP contribution in [0.15, 0.2) is 64.3 Å². The van der Waals surface area contributed by atoms with E-state index in [0.29, 0.717) is 32.1 Å². The van der Waals surface area contributed by atoms with Crippen LogP contribution < -0.4 is 10.2 Å². The van der Waals surface area contributed by atoms with Gasteiger partial charge in [0.25, 0.3) is 5.91 Å². The zero-order chi connectivity index (χ0) is 24.4. The Morgan fingerprint density at radius 2 is 1.94 bits per heavy atom. The number of hydrogen-bond acceptors (Lipinski definition) is 6. The second-order valence-electron chi connectivity index (χ2n) is 8.70. The molecule has 2 aromatic carbocycles. The molecule has 0 aliphatic carbocycles. The molecule has 0 spiro atoms. The number of fused-ring (bicyclic) bond motifs is 2. The third kappa shape index (κ3) is 4.59. The fourth-order valence-corrected chi connectivity index (χ4v) is 4.79. The van der Waals surface area contributed by atoms with Gasteiger partial charge in [0.15, 0.2) is 5.43 Å². The molecule has 7 nitrogen and oxygen atoms in total. The summed E-state index contributed by atoms with van der Waals surface area (Å²) >= 11 is 0.